The van der Waals surface area contributed by atoms with Crippen LogP contribution < -0.4 is 4.90 Å². The summed E-state index contributed by atoms with van der Waals surface area (Å²) in [4.78, 5) is 21.1. The molecule has 2 amide bonds. The van der Waals surface area contributed by atoms with Gasteiger partial charge in [0.1, 0.15) is 5.82 Å². The van der Waals surface area contributed by atoms with Crippen molar-refractivity contribution in [3.63, 3.8) is 0 Å². The number of carbonyl (C=O) groups is 1. The van der Waals surface area contributed by atoms with Crippen LogP contribution in [0, 0.1) is 5.82 Å². The molecule has 0 unspecified atom stereocenters. The van der Waals surface area contributed by atoms with Crippen molar-refractivity contribution < 1.29 is 30.8 Å². The Labute approximate surface area is 236 Å². The van der Waals surface area contributed by atoms with Crippen molar-refractivity contribution in [2.75, 3.05) is 62.7 Å². The van der Waals surface area contributed by atoms with Gasteiger partial charge in [-0.15, -0.1) is 10.2 Å². The third-order valence-corrected chi connectivity index (χ3v) is 8.96. The van der Waals surface area contributed by atoms with E-state index in [1.165, 1.54) is 21.9 Å². The SMILES string of the molecule is CN1CCN(Cc2ccc(N(Cc3ccc(-c4nnc(C(F)F)o4)cc3F)C(=O)N3CCS(=O)(=O)CC3)cc2)CC1. The van der Waals surface area contributed by atoms with Gasteiger partial charge in [0.2, 0.25) is 5.89 Å². The molecule has 0 aliphatic carbocycles. The molecule has 5 rings (SSSR count). The van der Waals surface area contributed by atoms with Crippen LogP contribution in [0.5, 0.6) is 0 Å². The van der Waals surface area contributed by atoms with E-state index in [9.17, 15) is 22.0 Å². The lowest BCUT2D eigenvalue weighted by Crippen LogP contribution is -2.49. The fraction of sp³-hybridized carbons (Fsp3) is 0.444. The van der Waals surface area contributed by atoms with E-state index in [0.29, 0.717) is 5.69 Å². The first kappa shape index (κ1) is 29.0. The molecule has 41 heavy (non-hydrogen) atoms. The molecule has 3 heterocycles. The van der Waals surface area contributed by atoms with Gasteiger partial charge < -0.3 is 14.2 Å². The van der Waals surface area contributed by atoms with Crippen LogP contribution in [-0.4, -0.2) is 97.2 Å². The molecule has 0 bridgehead atoms. The van der Waals surface area contributed by atoms with Gasteiger partial charge >= 0.3 is 12.5 Å². The lowest BCUT2D eigenvalue weighted by atomic mass is 10.1. The number of alkyl halides is 2. The monoisotopic (exact) mass is 592 g/mol. The smallest absolute Gasteiger partial charge is 0.324 e. The number of benzene rings is 2. The van der Waals surface area contributed by atoms with Gasteiger partial charge in [-0.25, -0.2) is 17.6 Å². The molecule has 0 spiro atoms. The summed E-state index contributed by atoms with van der Waals surface area (Å²) in [7, 11) is -1.11. The van der Waals surface area contributed by atoms with Crippen molar-refractivity contribution >= 4 is 21.6 Å². The summed E-state index contributed by atoms with van der Waals surface area (Å²) in [6.45, 7) is 4.63. The Hall–Kier alpha value is -3.49. The molecule has 0 saturated carbocycles. The number of amides is 2. The lowest BCUT2D eigenvalue weighted by molar-refractivity contribution is 0.116. The molecule has 2 fully saturated rings. The lowest BCUT2D eigenvalue weighted by Gasteiger charge is -2.33. The zero-order chi connectivity index (χ0) is 29.1. The minimum absolute atomic E-state index is 0.0458. The van der Waals surface area contributed by atoms with Gasteiger partial charge in [0.05, 0.1) is 18.1 Å². The Morgan fingerprint density at radius 3 is 2.29 bits per heavy atom. The molecular weight excluding hydrogens is 561 g/mol. The van der Waals surface area contributed by atoms with Crippen LogP contribution in [0.3, 0.4) is 0 Å². The quantitative estimate of drug-likeness (QED) is 0.411. The minimum Gasteiger partial charge on any atom is -0.415 e. The second-order valence-electron chi connectivity index (χ2n) is 10.3. The predicted octanol–water partition coefficient (Wildman–Crippen LogP) is 3.42. The number of carbonyl (C=O) groups excluding carboxylic acids is 1. The van der Waals surface area contributed by atoms with E-state index in [4.69, 9.17) is 4.42 Å². The summed E-state index contributed by atoms with van der Waals surface area (Å²) < 4.78 is 69.7. The second kappa shape index (κ2) is 12.2. The number of hydrogen-bond acceptors (Lipinski definition) is 8. The van der Waals surface area contributed by atoms with Gasteiger partial charge in [0, 0.05) is 62.6 Å². The number of likely N-dealkylation sites (N-methyl/N-ethyl adjacent to an activating group) is 1. The second-order valence-corrected chi connectivity index (χ2v) is 12.6. The summed E-state index contributed by atoms with van der Waals surface area (Å²) in [5, 5.41) is 6.82. The van der Waals surface area contributed by atoms with E-state index >= 15 is 4.39 Å². The zero-order valence-electron chi connectivity index (χ0n) is 22.5. The Kier molecular flexibility index (Phi) is 8.61. The van der Waals surface area contributed by atoms with Gasteiger partial charge in [-0.3, -0.25) is 9.80 Å². The number of piperazine rings is 1. The highest BCUT2D eigenvalue weighted by molar-refractivity contribution is 7.91. The van der Waals surface area contributed by atoms with Gasteiger partial charge in [0.15, 0.2) is 9.84 Å². The summed E-state index contributed by atoms with van der Waals surface area (Å²) in [5.41, 5.74) is 1.90. The Balaban J connectivity index is 1.37. The average molecular weight is 593 g/mol. The van der Waals surface area contributed by atoms with E-state index in [1.54, 1.807) is 12.1 Å². The third kappa shape index (κ3) is 7.05. The molecule has 0 atom stereocenters. The maximum absolute atomic E-state index is 15.3. The summed E-state index contributed by atoms with van der Waals surface area (Å²) in [5.74, 6) is -2.07. The molecular formula is C27H31F3N6O4S. The van der Waals surface area contributed by atoms with Crippen molar-refractivity contribution in [1.82, 2.24) is 24.9 Å². The number of urea groups is 1. The topological polar surface area (TPSA) is 103 Å². The van der Waals surface area contributed by atoms with Crippen molar-refractivity contribution in [1.29, 1.82) is 0 Å². The van der Waals surface area contributed by atoms with E-state index in [0.717, 1.165) is 44.4 Å². The molecule has 3 aromatic rings. The minimum atomic E-state index is -3.21. The van der Waals surface area contributed by atoms with Crippen molar-refractivity contribution in [2.45, 2.75) is 19.5 Å². The first-order valence-electron chi connectivity index (χ1n) is 13.2. The number of anilines is 1. The normalized spacial score (nSPS) is 18.1. The third-order valence-electron chi connectivity index (χ3n) is 7.35. The van der Waals surface area contributed by atoms with Crippen molar-refractivity contribution in [3.8, 4) is 11.5 Å². The fourth-order valence-corrected chi connectivity index (χ4v) is 6.01. The first-order chi connectivity index (χ1) is 19.6. The number of sulfone groups is 1. The fourth-order valence-electron chi connectivity index (χ4n) is 4.81. The van der Waals surface area contributed by atoms with Gasteiger partial charge in [-0.05, 0) is 36.9 Å². The van der Waals surface area contributed by atoms with Crippen molar-refractivity contribution in [3.05, 3.63) is 65.3 Å². The van der Waals surface area contributed by atoms with Crippen LogP contribution in [0.25, 0.3) is 11.5 Å². The standard InChI is InChI=1S/C27H31F3N6O4S/c1-33-8-10-34(11-9-33)17-19-2-6-22(7-3-19)36(27(37)35-12-14-41(38,39)15-13-35)18-21-5-4-20(16-23(21)28)25-31-32-26(40-25)24(29)30/h2-7,16,24H,8-15,17-18H2,1H3. The molecule has 14 heteroatoms. The number of aromatic nitrogens is 2. The summed E-state index contributed by atoms with van der Waals surface area (Å²) in [6, 6.07) is 11.0. The highest BCUT2D eigenvalue weighted by atomic mass is 32.2. The van der Waals surface area contributed by atoms with Crippen LogP contribution >= 0.6 is 0 Å². The predicted molar refractivity (Wildman–Crippen MR) is 146 cm³/mol. The molecule has 2 saturated heterocycles. The largest absolute Gasteiger partial charge is 0.415 e. The Morgan fingerprint density at radius 1 is 1.00 bits per heavy atom. The van der Waals surface area contributed by atoms with E-state index in [-0.39, 0.29) is 48.2 Å². The number of rotatable bonds is 7. The zero-order valence-corrected chi connectivity index (χ0v) is 23.4. The molecule has 0 N–H and O–H groups in total. The van der Waals surface area contributed by atoms with E-state index in [1.807, 2.05) is 12.1 Å². The number of halogens is 3. The van der Waals surface area contributed by atoms with Gasteiger partial charge in [0.25, 0.3) is 5.89 Å². The molecule has 1 aromatic heterocycles. The van der Waals surface area contributed by atoms with Gasteiger partial charge in [-0.1, -0.05) is 18.2 Å². The van der Waals surface area contributed by atoms with Crippen LogP contribution in [0.1, 0.15) is 23.4 Å². The summed E-state index contributed by atoms with van der Waals surface area (Å²) >= 11 is 0. The van der Waals surface area contributed by atoms with Gasteiger partial charge in [-0.2, -0.15) is 8.78 Å². The first-order valence-corrected chi connectivity index (χ1v) is 15.1. The summed E-state index contributed by atoms with van der Waals surface area (Å²) in [6.07, 6.45) is -2.95. The molecule has 220 valence electrons. The van der Waals surface area contributed by atoms with Crippen molar-refractivity contribution in [2.24, 2.45) is 0 Å². The molecule has 10 nitrogen and oxygen atoms in total. The van der Waals surface area contributed by atoms with Crippen LogP contribution in [0.4, 0.5) is 23.7 Å². The average Bonchev–Trinajstić information content (AvgIpc) is 3.45. The Bertz CT molecular complexity index is 1460. The molecule has 2 aromatic carbocycles. The highest BCUT2D eigenvalue weighted by Gasteiger charge is 2.30. The van der Waals surface area contributed by atoms with Crippen LogP contribution in [-0.2, 0) is 22.9 Å². The highest BCUT2D eigenvalue weighted by Crippen LogP contribution is 2.27. The number of hydrogen-bond donors (Lipinski definition) is 0. The molecule has 0 radical (unpaired) electrons. The van der Waals surface area contributed by atoms with Crippen LogP contribution in [0.2, 0.25) is 0 Å². The maximum atomic E-state index is 15.3. The Morgan fingerprint density at radius 2 is 1.68 bits per heavy atom. The van der Waals surface area contributed by atoms with E-state index in [2.05, 4.69) is 27.0 Å². The maximum Gasteiger partial charge on any atom is 0.324 e. The van der Waals surface area contributed by atoms with Crippen LogP contribution in [0.15, 0.2) is 46.9 Å². The van der Waals surface area contributed by atoms with E-state index < -0.39 is 34.0 Å². The molecule has 2 aliphatic heterocycles. The molecule has 2 aliphatic rings. The number of nitrogens with zero attached hydrogens (tertiary/aromatic N) is 6.